The van der Waals surface area contributed by atoms with Gasteiger partial charge in [-0.15, -0.1) is 23.5 Å². The Balaban J connectivity index is 0.000000160. The number of nitriles is 1. The van der Waals surface area contributed by atoms with Crippen molar-refractivity contribution < 1.29 is 111 Å². The van der Waals surface area contributed by atoms with Crippen LogP contribution in [0.25, 0.3) is 0 Å². The zero-order valence-corrected chi connectivity index (χ0v) is 78.6. The van der Waals surface area contributed by atoms with Crippen LogP contribution in [0.3, 0.4) is 0 Å². The Bertz CT molecular complexity index is 5890. The van der Waals surface area contributed by atoms with E-state index in [1.165, 1.54) is 44.9 Å². The monoisotopic (exact) mass is 1900 g/mol. The number of methoxy groups -OCH3 is 4. The minimum absolute atomic E-state index is 0.0293. The molecule has 2 spiro atoms. The number of aliphatic hydroxyl groups excluding tert-OH is 1. The Kier molecular flexibility index (Phi) is 23.3. The van der Waals surface area contributed by atoms with E-state index in [0.717, 1.165) is 70.6 Å². The van der Waals surface area contributed by atoms with E-state index >= 15 is 4.79 Å². The van der Waals surface area contributed by atoms with Gasteiger partial charge in [0.05, 0.1) is 99.4 Å². The summed E-state index contributed by atoms with van der Waals surface area (Å²) >= 11 is 6.64. The van der Waals surface area contributed by atoms with Gasteiger partial charge in [-0.3, -0.25) is 39.8 Å². The van der Waals surface area contributed by atoms with Crippen LogP contribution < -0.4 is 79.3 Å². The summed E-state index contributed by atoms with van der Waals surface area (Å²) in [5.41, 5.74) is 8.57. The van der Waals surface area contributed by atoms with Crippen LogP contribution in [0.1, 0.15) is 175 Å². The third-order valence-electron chi connectivity index (χ3n) is 30.8. The molecule has 8 bridgehead atoms. The van der Waals surface area contributed by atoms with Crippen molar-refractivity contribution in [1.82, 2.24) is 51.5 Å². The number of aromatic hydroxyl groups is 4. The highest BCUT2D eigenvalue weighted by molar-refractivity contribution is 8.00. The van der Waals surface area contributed by atoms with Gasteiger partial charge in [0.2, 0.25) is 13.6 Å². The summed E-state index contributed by atoms with van der Waals surface area (Å²) in [6.07, 6.45) is 5.60. The number of urea groups is 2. The lowest BCUT2D eigenvalue weighted by atomic mass is 9.71. The summed E-state index contributed by atoms with van der Waals surface area (Å²) in [6.45, 7) is 7.78. The Morgan fingerprint density at radius 3 is 1.41 bits per heavy atom. The van der Waals surface area contributed by atoms with Gasteiger partial charge in [0.1, 0.15) is 37.0 Å². The first kappa shape index (κ1) is 89.5. The fourth-order valence-corrected chi connectivity index (χ4v) is 31.2. The van der Waals surface area contributed by atoms with Gasteiger partial charge in [-0.1, -0.05) is 25.0 Å². The molecule has 6 aromatic rings. The van der Waals surface area contributed by atoms with Crippen LogP contribution >= 0.6 is 47.0 Å². The number of benzene rings is 6. The van der Waals surface area contributed by atoms with E-state index in [0.29, 0.717) is 153 Å². The Morgan fingerprint density at radius 2 is 0.955 bits per heavy atom. The number of rotatable bonds is 16. The zero-order chi connectivity index (χ0) is 92.5. The molecule has 34 nitrogen and oxygen atoms in total. The van der Waals surface area contributed by atoms with Crippen LogP contribution in [0.5, 0.6) is 80.5 Å². The molecule has 6 aromatic carbocycles. The van der Waals surface area contributed by atoms with Crippen LogP contribution in [0.2, 0.25) is 0 Å². The van der Waals surface area contributed by atoms with Gasteiger partial charge in [0.25, 0.3) is 0 Å². The Hall–Kier alpha value is -10.1. The van der Waals surface area contributed by atoms with Gasteiger partial charge in [0.15, 0.2) is 80.1 Å². The first-order valence-corrected chi connectivity index (χ1v) is 49.9. The van der Waals surface area contributed by atoms with Crippen molar-refractivity contribution in [1.29, 1.82) is 5.26 Å². The molecule has 38 heteroatoms. The summed E-state index contributed by atoms with van der Waals surface area (Å²) < 4.78 is 74.0. The number of piperazine rings is 2. The van der Waals surface area contributed by atoms with E-state index in [9.17, 15) is 54.8 Å². The van der Waals surface area contributed by atoms with Crippen molar-refractivity contribution in [3.8, 4) is 86.6 Å². The van der Waals surface area contributed by atoms with Gasteiger partial charge in [0, 0.05) is 122 Å². The molecule has 24 rings (SSSR count). The van der Waals surface area contributed by atoms with Crippen molar-refractivity contribution >= 4 is 83.0 Å². The summed E-state index contributed by atoms with van der Waals surface area (Å²) in [6, 6.07) is 8.29. The normalized spacial score (nSPS) is 31.2. The van der Waals surface area contributed by atoms with E-state index in [4.69, 9.17) is 56.8 Å². The highest BCUT2D eigenvalue weighted by Gasteiger charge is 2.65. The predicted octanol–water partition coefficient (Wildman–Crippen LogP) is 8.81. The maximum Gasteiger partial charge on any atom is 0.331 e. The molecule has 11 N–H and O–H groups in total. The first-order chi connectivity index (χ1) is 64.2. The summed E-state index contributed by atoms with van der Waals surface area (Å²) in [7, 11) is 9.98. The Labute approximate surface area is 785 Å². The number of phenols is 4. The van der Waals surface area contributed by atoms with Crippen molar-refractivity contribution in [3.63, 3.8) is 0 Å². The topological polar surface area (TPSA) is 423 Å². The average molecular weight is 1900 g/mol. The number of unbranched alkanes of at least 4 members (excludes halogenated alkanes) is 2. The molecule has 18 aliphatic rings. The third-order valence-corrected chi connectivity index (χ3v) is 36.7. The predicted molar refractivity (Wildman–Crippen MR) is 489 cm³/mol. The maximum atomic E-state index is 15.0. The summed E-state index contributed by atoms with van der Waals surface area (Å²) in [5.74, 6) is 3.68. The number of hydrogen-bond acceptors (Lipinski definition) is 34. The van der Waals surface area contributed by atoms with Gasteiger partial charge in [-0.05, 0) is 162 Å². The highest BCUT2D eigenvalue weighted by Crippen LogP contribution is 2.68. The number of aliphatic hydroxyl groups is 1. The van der Waals surface area contributed by atoms with Gasteiger partial charge in [-0.2, -0.15) is 28.8 Å². The lowest BCUT2D eigenvalue weighted by Gasteiger charge is -2.62. The molecule has 8 saturated heterocycles. The second-order valence-electron chi connectivity index (χ2n) is 37.5. The number of phenolic OH excluding ortho intramolecular Hbond substituents is 4. The van der Waals surface area contributed by atoms with Crippen LogP contribution in [0, 0.1) is 39.0 Å². The second kappa shape index (κ2) is 34.6. The fourth-order valence-electron chi connectivity index (χ4n) is 24.7. The molecule has 0 radical (unpaired) electrons. The molecule has 0 saturated carbocycles. The number of carbonyl (C=O) groups is 6. The SMILES string of the molecule is COc1cc2c(cc1O)CCN[C@]21CS[C@@H]2c3c(OC(=O)CCCCC4SCC5NC(=O)NC54)c(C)c4c(c3[C@H](COC1=O)N1C2[C@H]2c3c(cc(C)c(OC)c3O)C[C@@H]([C@@H]1C#N)N2C)OCO4.COc1cc2c(cc1O)CCN[C@]21CS[C@@H]2c3c(OC(=O)CCCCC4SCC5NC(=O)NC54)c(C)c4c(c3[C@H](COC1=O)N1C2[C@H]2c3c(cc(C)c(OC)c3O)C[C@@H]([C@@H]1O)N2C)OCO4. The molecule has 18 heterocycles. The number of amides is 4. The number of esters is 4. The number of nitrogens with zero attached hydrogens (tertiary/aromatic N) is 5. The molecule has 4 amide bonds. The molecule has 0 aromatic heterocycles. The zero-order valence-electron chi connectivity index (χ0n) is 75.4. The largest absolute Gasteiger partial charge is 0.504 e. The number of nitrogens with one attached hydrogen (secondary N) is 6. The van der Waals surface area contributed by atoms with Crippen LogP contribution in [-0.2, 0) is 65.4 Å². The van der Waals surface area contributed by atoms with Crippen LogP contribution in [-0.4, -0.2) is 258 Å². The van der Waals surface area contributed by atoms with Gasteiger partial charge in [-0.25, -0.2) is 19.2 Å². The molecule has 133 heavy (non-hydrogen) atoms. The number of aryl methyl sites for hydroxylation is 2. The number of hydrogen-bond donors (Lipinski definition) is 11. The highest BCUT2D eigenvalue weighted by atomic mass is 32.2. The standard InChI is InChI=1S/C48H54N6O11S2.C47H55N5O12S2/c1-21-12-24-13-27-28(16-49)54-29-17-62-46(58)48(25-15-31(60-4)30(55)14-23(25)10-11-50-48)19-67-45(39(54)38(53(27)3)34(24)40(57)41(21)61-5)36-35(29)44-43(63-20-64-44)22(2)42(36)65-33(56)9-7-6-8-32-37-26(18-66-32)51-47(59)52-37;1-20-12-23-13-26-44(56)52-27-16-61-45(57)47(24-15-29(59-4)28(53)14-22(24)10-11-48-47)18-66-43(37(52)36(51(26)3)32(23)38(55)39(20)60-5)34-33(27)42-41(62-19-63-42)21(2)40(34)64-31(54)9-7-6-8-30-35-25(17-65-30)49-46(58)50-35/h12,14-15,26-29,32,37-39,45,50,55,57H,6-11,13,17-20H2,1-5H3,(H2,51,52,59);12,14-15,25-27,30,35-37,43-44,48,53,55-56H,6-11,13,16-19H2,1-5H3,(H2,49,50,58)/t26?,27-,28-,29-,32?,37?,38+,39?,45+,48+;25?,26-,27-,30?,35?,36+,37?,43+,44-,47+/m00/s1. The smallest absolute Gasteiger partial charge is 0.331 e. The van der Waals surface area contributed by atoms with E-state index in [-0.39, 0.29) is 138 Å². The van der Waals surface area contributed by atoms with E-state index < -0.39 is 100 Å². The average Bonchev–Trinajstić information content (AvgIpc) is 1.61. The lowest BCUT2D eigenvalue weighted by Crippen LogP contribution is -2.70. The fraction of sp³-hybridized carbons (Fsp3) is 0.547. The molecule has 8 unspecified atom stereocenters. The first-order valence-electron chi connectivity index (χ1n) is 45.7. The Morgan fingerprint density at radius 1 is 0.519 bits per heavy atom. The maximum absolute atomic E-state index is 15.0. The minimum Gasteiger partial charge on any atom is -0.504 e. The van der Waals surface area contributed by atoms with Crippen molar-refractivity contribution in [2.75, 3.05) is 105 Å². The number of fused-ring (bicyclic) bond motifs is 20. The number of thioether (sulfide) groups is 4. The molecule has 706 valence electrons. The van der Waals surface area contributed by atoms with Crippen molar-refractivity contribution in [2.45, 2.75) is 222 Å². The quantitative estimate of drug-likeness (QED) is 0.0186. The van der Waals surface area contributed by atoms with Gasteiger partial charge < -0.3 is 104 Å². The third kappa shape index (κ3) is 14.2. The van der Waals surface area contributed by atoms with E-state index in [1.54, 1.807) is 31.4 Å². The number of ether oxygens (including phenoxy) is 12. The molecule has 18 aliphatic heterocycles. The van der Waals surface area contributed by atoms with E-state index in [2.05, 4.69) is 52.7 Å². The molecule has 0 aliphatic carbocycles. The molecule has 20 atom stereocenters. The minimum atomic E-state index is -1.40. The van der Waals surface area contributed by atoms with Gasteiger partial charge >= 0.3 is 35.9 Å². The second-order valence-corrected chi connectivity index (χ2v) is 42.3. The number of carbonyl (C=O) groups excluding carboxylic acids is 6. The molecular formula is C95H109N11O23S4. The van der Waals surface area contributed by atoms with Crippen LogP contribution in [0.4, 0.5) is 9.59 Å². The number of likely N-dealkylation sites (N-methyl/N-ethyl adjacent to an activating group) is 2. The summed E-state index contributed by atoms with van der Waals surface area (Å²) in [5, 5.41) is 88.8. The van der Waals surface area contributed by atoms with E-state index in [1.807, 2.05) is 82.3 Å². The van der Waals surface area contributed by atoms with Crippen molar-refractivity contribution in [3.05, 3.63) is 125 Å². The molecule has 8 fully saturated rings. The lowest BCUT2D eigenvalue weighted by molar-refractivity contribution is -0.186. The molecular weight excluding hydrogens is 1790 g/mol. The van der Waals surface area contributed by atoms with Crippen LogP contribution in [0.15, 0.2) is 36.4 Å². The van der Waals surface area contributed by atoms with Crippen molar-refractivity contribution in [2.24, 2.45) is 0 Å². The summed E-state index contributed by atoms with van der Waals surface area (Å²) in [4.78, 5) is 91.0.